The number of carbonyl (C=O) groups is 1. The summed E-state index contributed by atoms with van der Waals surface area (Å²) in [6.07, 6.45) is 3.33. The predicted octanol–water partition coefficient (Wildman–Crippen LogP) is 4.11. The number of rotatable bonds is 3. The second-order valence-electron chi connectivity index (χ2n) is 4.14. The van der Waals surface area contributed by atoms with Gasteiger partial charge >= 0.3 is 6.03 Å². The van der Waals surface area contributed by atoms with Crippen LogP contribution in [-0.2, 0) is 0 Å². The number of anilines is 1. The summed E-state index contributed by atoms with van der Waals surface area (Å²) in [4.78, 5) is 11.7. The summed E-state index contributed by atoms with van der Waals surface area (Å²) < 4.78 is 0.969. The average molecular weight is 342 g/mol. The lowest BCUT2D eigenvalue weighted by Crippen LogP contribution is -2.24. The maximum absolute atomic E-state index is 11.7. The molecule has 0 fully saturated rings. The summed E-state index contributed by atoms with van der Waals surface area (Å²) in [5.41, 5.74) is 1.86. The number of nitrogens with one attached hydrogen (secondary N) is 2. The normalized spacial score (nSPS) is 10.1. The molecule has 0 saturated carbocycles. The highest BCUT2D eigenvalue weighted by atomic mass is 79.9. The number of urea groups is 1. The topological polar surface area (TPSA) is 64.9 Å². The molecule has 0 unspecified atom stereocenters. The third-order valence-corrected chi connectivity index (χ3v) is 3.13. The molecule has 2 rings (SSSR count). The molecule has 0 aliphatic carbocycles. The third kappa shape index (κ3) is 4.48. The van der Waals surface area contributed by atoms with Crippen LogP contribution in [0.3, 0.4) is 0 Å². The molecule has 2 aromatic rings. The van der Waals surface area contributed by atoms with Crippen molar-refractivity contribution >= 4 is 33.7 Å². The van der Waals surface area contributed by atoms with Crippen LogP contribution in [0, 0.1) is 11.3 Å². The van der Waals surface area contributed by atoms with E-state index in [0.29, 0.717) is 11.3 Å². The highest BCUT2D eigenvalue weighted by Gasteiger charge is 2.03. The molecule has 0 heterocycles. The van der Waals surface area contributed by atoms with Gasteiger partial charge in [-0.3, -0.25) is 0 Å². The maximum Gasteiger partial charge on any atom is 0.323 e. The first-order valence-corrected chi connectivity index (χ1v) is 6.97. The molecular formula is C16H12BrN3O. The second kappa shape index (κ2) is 7.27. The Hall–Kier alpha value is -2.58. The fraction of sp³-hybridized carbons (Fsp3) is 0. The Balaban J connectivity index is 1.95. The number of nitrogens with zero attached hydrogens (tertiary/aromatic N) is 1. The molecule has 0 aliphatic rings. The minimum atomic E-state index is -0.399. The van der Waals surface area contributed by atoms with E-state index in [1.807, 2.05) is 30.3 Å². The minimum absolute atomic E-state index is 0.399. The summed E-state index contributed by atoms with van der Waals surface area (Å²) in [6.45, 7) is 0. The van der Waals surface area contributed by atoms with Crippen molar-refractivity contribution in [2.75, 3.05) is 5.32 Å². The standard InChI is InChI=1S/C16H12BrN3O/c17-14-6-3-4-12(10-14)8-9-19-16(21)20-15-7-2-1-5-13(15)11-18/h1-10H,(H2,19,20,21)/b9-8+. The van der Waals surface area contributed by atoms with E-state index in [0.717, 1.165) is 10.0 Å². The van der Waals surface area contributed by atoms with Gasteiger partial charge < -0.3 is 10.6 Å². The molecule has 2 aromatic carbocycles. The van der Waals surface area contributed by atoms with E-state index >= 15 is 0 Å². The van der Waals surface area contributed by atoms with Crippen molar-refractivity contribution < 1.29 is 4.79 Å². The van der Waals surface area contributed by atoms with Crippen LogP contribution in [0.5, 0.6) is 0 Å². The number of amides is 2. The van der Waals surface area contributed by atoms with Gasteiger partial charge in [-0.05, 0) is 35.9 Å². The van der Waals surface area contributed by atoms with E-state index in [9.17, 15) is 4.79 Å². The van der Waals surface area contributed by atoms with Crippen LogP contribution < -0.4 is 10.6 Å². The van der Waals surface area contributed by atoms with Gasteiger partial charge in [0.25, 0.3) is 0 Å². The van der Waals surface area contributed by atoms with Crippen LogP contribution in [-0.4, -0.2) is 6.03 Å². The van der Waals surface area contributed by atoms with Gasteiger partial charge in [0, 0.05) is 10.7 Å². The Bertz CT molecular complexity index is 719. The van der Waals surface area contributed by atoms with Crippen molar-refractivity contribution in [2.24, 2.45) is 0 Å². The van der Waals surface area contributed by atoms with Gasteiger partial charge in [-0.15, -0.1) is 0 Å². The lowest BCUT2D eigenvalue weighted by Gasteiger charge is -2.05. The van der Waals surface area contributed by atoms with Crippen LogP contribution in [0.1, 0.15) is 11.1 Å². The predicted molar refractivity (Wildman–Crippen MR) is 86.5 cm³/mol. The second-order valence-corrected chi connectivity index (χ2v) is 5.06. The number of halogens is 1. The Morgan fingerprint density at radius 3 is 2.76 bits per heavy atom. The molecule has 104 valence electrons. The molecule has 21 heavy (non-hydrogen) atoms. The fourth-order valence-corrected chi connectivity index (χ4v) is 2.09. The van der Waals surface area contributed by atoms with Crippen LogP contribution in [0.2, 0.25) is 0 Å². The van der Waals surface area contributed by atoms with Gasteiger partial charge in [-0.1, -0.05) is 40.2 Å². The summed E-state index contributed by atoms with van der Waals surface area (Å²) in [6, 6.07) is 16.1. The molecule has 0 aliphatic heterocycles. The summed E-state index contributed by atoms with van der Waals surface area (Å²) >= 11 is 3.38. The molecule has 4 nitrogen and oxygen atoms in total. The van der Waals surface area contributed by atoms with E-state index in [1.54, 1.807) is 36.5 Å². The molecule has 0 spiro atoms. The minimum Gasteiger partial charge on any atom is -0.314 e. The van der Waals surface area contributed by atoms with Crippen molar-refractivity contribution in [1.29, 1.82) is 5.26 Å². The van der Waals surface area contributed by atoms with E-state index in [-0.39, 0.29) is 0 Å². The highest BCUT2D eigenvalue weighted by molar-refractivity contribution is 9.10. The van der Waals surface area contributed by atoms with Gasteiger partial charge in [-0.2, -0.15) is 5.26 Å². The summed E-state index contributed by atoms with van der Waals surface area (Å²) in [7, 11) is 0. The van der Waals surface area contributed by atoms with Crippen LogP contribution in [0.15, 0.2) is 59.2 Å². The van der Waals surface area contributed by atoms with Crippen LogP contribution in [0.25, 0.3) is 6.08 Å². The zero-order valence-corrected chi connectivity index (χ0v) is 12.6. The number of hydrogen-bond donors (Lipinski definition) is 2. The fourth-order valence-electron chi connectivity index (χ4n) is 1.67. The molecule has 0 radical (unpaired) electrons. The summed E-state index contributed by atoms with van der Waals surface area (Å²) in [5, 5.41) is 14.2. The molecule has 2 N–H and O–H groups in total. The van der Waals surface area contributed by atoms with E-state index in [1.165, 1.54) is 0 Å². The molecule has 0 atom stereocenters. The SMILES string of the molecule is N#Cc1ccccc1NC(=O)N/C=C/c1cccc(Br)c1. The lowest BCUT2D eigenvalue weighted by molar-refractivity contribution is 0.255. The van der Waals surface area contributed by atoms with E-state index in [4.69, 9.17) is 5.26 Å². The largest absolute Gasteiger partial charge is 0.323 e. The number of hydrogen-bond acceptors (Lipinski definition) is 2. The Kier molecular flexibility index (Phi) is 5.13. The highest BCUT2D eigenvalue weighted by Crippen LogP contribution is 2.14. The van der Waals surface area contributed by atoms with Crippen LogP contribution >= 0.6 is 15.9 Å². The summed E-state index contributed by atoms with van der Waals surface area (Å²) in [5.74, 6) is 0. The quantitative estimate of drug-likeness (QED) is 0.881. The van der Waals surface area contributed by atoms with E-state index < -0.39 is 6.03 Å². The number of benzene rings is 2. The number of carbonyl (C=O) groups excluding carboxylic acids is 1. The van der Waals surface area contributed by atoms with E-state index in [2.05, 4.69) is 26.6 Å². The Labute approximate surface area is 131 Å². The van der Waals surface area contributed by atoms with Gasteiger partial charge in [0.2, 0.25) is 0 Å². The average Bonchev–Trinajstić information content (AvgIpc) is 2.48. The van der Waals surface area contributed by atoms with Gasteiger partial charge in [0.05, 0.1) is 11.3 Å². The van der Waals surface area contributed by atoms with Crippen molar-refractivity contribution in [2.45, 2.75) is 0 Å². The molecule has 0 aromatic heterocycles. The Morgan fingerprint density at radius 2 is 2.00 bits per heavy atom. The first-order chi connectivity index (χ1) is 10.2. The van der Waals surface area contributed by atoms with Crippen molar-refractivity contribution in [3.63, 3.8) is 0 Å². The number of nitriles is 1. The van der Waals surface area contributed by atoms with Gasteiger partial charge in [0.1, 0.15) is 6.07 Å². The first-order valence-electron chi connectivity index (χ1n) is 6.18. The Morgan fingerprint density at radius 1 is 1.19 bits per heavy atom. The zero-order chi connectivity index (χ0) is 15.1. The maximum atomic E-state index is 11.7. The van der Waals surface area contributed by atoms with Crippen molar-refractivity contribution in [3.8, 4) is 6.07 Å². The molecule has 0 bridgehead atoms. The molecular weight excluding hydrogens is 330 g/mol. The number of para-hydroxylation sites is 1. The van der Waals surface area contributed by atoms with Gasteiger partial charge in [-0.25, -0.2) is 4.79 Å². The zero-order valence-electron chi connectivity index (χ0n) is 11.0. The molecule has 5 heteroatoms. The van der Waals surface area contributed by atoms with Crippen molar-refractivity contribution in [3.05, 3.63) is 70.3 Å². The van der Waals surface area contributed by atoms with Crippen molar-refractivity contribution in [1.82, 2.24) is 5.32 Å². The molecule has 0 saturated heterocycles. The lowest BCUT2D eigenvalue weighted by atomic mass is 10.2. The smallest absolute Gasteiger partial charge is 0.314 e. The molecule has 2 amide bonds. The van der Waals surface area contributed by atoms with Crippen LogP contribution in [0.4, 0.5) is 10.5 Å². The van der Waals surface area contributed by atoms with Gasteiger partial charge in [0.15, 0.2) is 0 Å². The third-order valence-electron chi connectivity index (χ3n) is 2.63. The monoisotopic (exact) mass is 341 g/mol. The first kappa shape index (κ1) is 14.8.